The molecule has 1 aromatic heterocycles. The van der Waals surface area contributed by atoms with Gasteiger partial charge in [-0.3, -0.25) is 10.1 Å². The van der Waals surface area contributed by atoms with Crippen LogP contribution in [0.2, 0.25) is 0 Å². The maximum Gasteiger partial charge on any atom is 0.534 e. The van der Waals surface area contributed by atoms with E-state index in [1.54, 1.807) is 37.3 Å². The third-order valence-electron chi connectivity index (χ3n) is 3.42. The highest BCUT2D eigenvalue weighted by Crippen LogP contribution is 2.38. The van der Waals surface area contributed by atoms with Crippen molar-refractivity contribution in [2.24, 2.45) is 0 Å². The molecule has 0 aliphatic rings. The average Bonchev–Trinajstić information content (AvgIpc) is 2.53. The largest absolute Gasteiger partial charge is 0.534 e. The Bertz CT molecular complexity index is 949. The molecule has 0 bridgehead atoms. The molecule has 1 heterocycles. The first-order valence-corrected chi connectivity index (χ1v) is 8.81. The standard InChI is InChI=1S/C15H14F3N3O5S/c1-9-8-12(20-10(2)11-6-4-3-5-7-11)13(21(22)23)14(19-9)26-27(24,25)15(16,17)18/h3-8,10H,1-2H3,(H,19,20). The number of nitrogens with zero attached hydrogens (tertiary/aromatic N) is 2. The molecular formula is C15H14F3N3O5S. The Labute approximate surface area is 152 Å². The molecule has 1 unspecified atom stereocenters. The minimum atomic E-state index is -6.12. The van der Waals surface area contributed by atoms with Gasteiger partial charge in [-0.25, -0.2) is 4.98 Å². The van der Waals surface area contributed by atoms with Gasteiger partial charge in [0.2, 0.25) is 0 Å². The summed E-state index contributed by atoms with van der Waals surface area (Å²) in [5.41, 5.74) is -6.23. The molecule has 0 fully saturated rings. The summed E-state index contributed by atoms with van der Waals surface area (Å²) in [6.07, 6.45) is 0. The fourth-order valence-electron chi connectivity index (χ4n) is 2.19. The molecule has 2 aromatic rings. The van der Waals surface area contributed by atoms with E-state index in [0.717, 1.165) is 5.56 Å². The zero-order valence-electron chi connectivity index (χ0n) is 14.0. The molecule has 12 heteroatoms. The van der Waals surface area contributed by atoms with Crippen molar-refractivity contribution in [3.05, 3.63) is 57.8 Å². The summed E-state index contributed by atoms with van der Waals surface area (Å²) >= 11 is 0. The summed E-state index contributed by atoms with van der Waals surface area (Å²) in [7, 11) is -6.12. The van der Waals surface area contributed by atoms with Crippen molar-refractivity contribution in [2.45, 2.75) is 25.4 Å². The molecule has 27 heavy (non-hydrogen) atoms. The maximum atomic E-state index is 12.6. The fourth-order valence-corrected chi connectivity index (χ4v) is 2.61. The molecule has 0 aliphatic carbocycles. The molecular weight excluding hydrogens is 391 g/mol. The summed E-state index contributed by atoms with van der Waals surface area (Å²) < 4.78 is 64.1. The van der Waals surface area contributed by atoms with Crippen LogP contribution in [0.1, 0.15) is 24.2 Å². The molecule has 1 N–H and O–H groups in total. The van der Waals surface area contributed by atoms with Crippen LogP contribution in [0.3, 0.4) is 0 Å². The van der Waals surface area contributed by atoms with E-state index < -0.39 is 38.2 Å². The van der Waals surface area contributed by atoms with E-state index in [1.165, 1.54) is 13.0 Å². The van der Waals surface area contributed by atoms with Crippen LogP contribution < -0.4 is 9.50 Å². The van der Waals surface area contributed by atoms with Gasteiger partial charge >= 0.3 is 27.2 Å². The van der Waals surface area contributed by atoms with E-state index in [2.05, 4.69) is 14.5 Å². The van der Waals surface area contributed by atoms with Gasteiger partial charge in [0.05, 0.1) is 4.92 Å². The summed E-state index contributed by atoms with van der Waals surface area (Å²) in [5, 5.41) is 14.2. The Morgan fingerprint density at radius 1 is 1.26 bits per heavy atom. The lowest BCUT2D eigenvalue weighted by Gasteiger charge is -2.17. The van der Waals surface area contributed by atoms with Gasteiger partial charge in [0, 0.05) is 11.7 Å². The number of hydrogen-bond donors (Lipinski definition) is 1. The van der Waals surface area contributed by atoms with Gasteiger partial charge in [-0.1, -0.05) is 30.3 Å². The number of hydrogen-bond acceptors (Lipinski definition) is 7. The number of rotatable bonds is 6. The van der Waals surface area contributed by atoms with Gasteiger partial charge in [0.25, 0.3) is 0 Å². The number of aryl methyl sites for hydroxylation is 1. The van der Waals surface area contributed by atoms with E-state index in [9.17, 15) is 31.7 Å². The number of nitrogens with one attached hydrogen (secondary N) is 1. The zero-order valence-corrected chi connectivity index (χ0v) is 14.8. The van der Waals surface area contributed by atoms with Crippen LogP contribution in [0.4, 0.5) is 24.5 Å². The molecule has 0 saturated carbocycles. The molecule has 8 nitrogen and oxygen atoms in total. The van der Waals surface area contributed by atoms with Gasteiger partial charge < -0.3 is 9.50 Å². The molecule has 0 saturated heterocycles. The second-order valence-electron chi connectivity index (χ2n) is 5.48. The Hall–Kier alpha value is -2.89. The molecule has 0 spiro atoms. The van der Waals surface area contributed by atoms with Crippen LogP contribution in [-0.2, 0) is 10.1 Å². The number of nitro groups is 1. The minimum absolute atomic E-state index is 0.0238. The average molecular weight is 405 g/mol. The van der Waals surface area contributed by atoms with Crippen molar-refractivity contribution >= 4 is 21.5 Å². The Kier molecular flexibility index (Phi) is 5.59. The molecule has 1 atom stereocenters. The summed E-state index contributed by atoms with van der Waals surface area (Å²) in [5.74, 6) is -1.26. The quantitative estimate of drug-likeness (QED) is 0.338. The maximum absolute atomic E-state index is 12.6. The zero-order chi connectivity index (χ0) is 20.4. The van der Waals surface area contributed by atoms with Crippen molar-refractivity contribution in [1.82, 2.24) is 4.98 Å². The van der Waals surface area contributed by atoms with Gasteiger partial charge in [0.15, 0.2) is 0 Å². The summed E-state index contributed by atoms with van der Waals surface area (Å²) in [4.78, 5) is 13.8. The van der Waals surface area contributed by atoms with Crippen molar-refractivity contribution in [1.29, 1.82) is 0 Å². The highest BCUT2D eigenvalue weighted by atomic mass is 32.2. The normalized spacial score (nSPS) is 13.1. The third-order valence-corrected chi connectivity index (χ3v) is 4.36. The number of pyridine rings is 1. The van der Waals surface area contributed by atoms with Crippen molar-refractivity contribution < 1.29 is 30.7 Å². The van der Waals surface area contributed by atoms with Crippen LogP contribution in [-0.4, -0.2) is 23.8 Å². The van der Waals surface area contributed by atoms with E-state index >= 15 is 0 Å². The molecule has 0 aliphatic heterocycles. The Morgan fingerprint density at radius 3 is 2.37 bits per heavy atom. The summed E-state index contributed by atoms with van der Waals surface area (Å²) in [6.45, 7) is 3.00. The number of benzene rings is 1. The third kappa shape index (κ3) is 4.64. The first-order valence-electron chi connectivity index (χ1n) is 7.40. The van der Waals surface area contributed by atoms with Crippen LogP contribution in [0.25, 0.3) is 0 Å². The SMILES string of the molecule is Cc1cc(NC(C)c2ccccc2)c([N+](=O)[O-])c(OS(=O)(=O)C(F)(F)F)n1. The molecule has 1 aromatic carbocycles. The lowest BCUT2D eigenvalue weighted by Crippen LogP contribution is -2.28. The monoisotopic (exact) mass is 405 g/mol. The van der Waals surface area contributed by atoms with Gasteiger partial charge in [-0.2, -0.15) is 21.6 Å². The van der Waals surface area contributed by atoms with Crippen LogP contribution in [0.15, 0.2) is 36.4 Å². The lowest BCUT2D eigenvalue weighted by molar-refractivity contribution is -0.384. The number of halogens is 3. The van der Waals surface area contributed by atoms with E-state index in [4.69, 9.17) is 0 Å². The van der Waals surface area contributed by atoms with E-state index in [1.807, 2.05) is 0 Å². The predicted molar refractivity (Wildman–Crippen MR) is 89.7 cm³/mol. The molecule has 0 radical (unpaired) electrons. The number of aromatic nitrogens is 1. The highest BCUT2D eigenvalue weighted by molar-refractivity contribution is 7.88. The smallest absolute Gasteiger partial charge is 0.373 e. The van der Waals surface area contributed by atoms with Crippen LogP contribution in [0, 0.1) is 17.0 Å². The number of alkyl halides is 3. The molecule has 2 rings (SSSR count). The minimum Gasteiger partial charge on any atom is -0.373 e. The summed E-state index contributed by atoms with van der Waals surface area (Å²) in [6, 6.07) is 9.47. The second kappa shape index (κ2) is 7.39. The fraction of sp³-hybridized carbons (Fsp3) is 0.267. The first kappa shape index (κ1) is 20.4. The first-order chi connectivity index (χ1) is 12.4. The Balaban J connectivity index is 2.50. The van der Waals surface area contributed by atoms with Crippen molar-refractivity contribution in [3.8, 4) is 5.88 Å². The van der Waals surface area contributed by atoms with E-state index in [0.29, 0.717) is 0 Å². The van der Waals surface area contributed by atoms with E-state index in [-0.39, 0.29) is 11.4 Å². The van der Waals surface area contributed by atoms with Crippen molar-refractivity contribution in [3.63, 3.8) is 0 Å². The van der Waals surface area contributed by atoms with Gasteiger partial charge in [-0.15, -0.1) is 0 Å². The molecule has 0 amide bonds. The Morgan fingerprint density at radius 2 is 1.85 bits per heavy atom. The number of anilines is 1. The van der Waals surface area contributed by atoms with Crippen LogP contribution >= 0.6 is 0 Å². The topological polar surface area (TPSA) is 111 Å². The van der Waals surface area contributed by atoms with Gasteiger partial charge in [-0.05, 0) is 25.5 Å². The highest BCUT2D eigenvalue weighted by Gasteiger charge is 2.50. The second-order valence-corrected chi connectivity index (χ2v) is 7.02. The van der Waals surface area contributed by atoms with Gasteiger partial charge in [0.1, 0.15) is 5.69 Å². The predicted octanol–water partition coefficient (Wildman–Crippen LogP) is 3.70. The van der Waals surface area contributed by atoms with Crippen LogP contribution in [0.5, 0.6) is 5.88 Å². The lowest BCUT2D eigenvalue weighted by atomic mass is 10.1. The molecule has 146 valence electrons. The van der Waals surface area contributed by atoms with Crippen molar-refractivity contribution in [2.75, 3.05) is 5.32 Å².